The Labute approximate surface area is 190 Å². The van der Waals surface area contributed by atoms with Gasteiger partial charge in [0.15, 0.2) is 5.82 Å². The Bertz CT molecular complexity index is 1080. The van der Waals surface area contributed by atoms with Gasteiger partial charge >= 0.3 is 5.97 Å². The fraction of sp³-hybridized carbons (Fsp3) is 0.364. The summed E-state index contributed by atoms with van der Waals surface area (Å²) >= 11 is 0. The van der Waals surface area contributed by atoms with E-state index in [2.05, 4.69) is 27.8 Å². The normalized spacial score (nSPS) is 12.8. The third kappa shape index (κ3) is 6.10. The smallest absolute Gasteiger partial charge is 0.305 e. The topological polar surface area (TPSA) is 145 Å². The molecular formula is C22H26N6O5. The van der Waals surface area contributed by atoms with Crippen molar-refractivity contribution in [1.29, 1.82) is 0 Å². The molecule has 33 heavy (non-hydrogen) atoms. The number of nitrogens with zero attached hydrogens (tertiary/aromatic N) is 5. The van der Waals surface area contributed by atoms with Gasteiger partial charge in [0, 0.05) is 24.7 Å². The van der Waals surface area contributed by atoms with Crippen LogP contribution in [0.15, 0.2) is 48.5 Å². The number of nitro groups is 1. The maximum atomic E-state index is 11.7. The molecule has 2 atom stereocenters. The first-order valence-corrected chi connectivity index (χ1v) is 10.5. The second-order valence-corrected chi connectivity index (χ2v) is 7.49. The molecular weight excluding hydrogens is 428 g/mol. The number of ether oxygens (including phenoxy) is 1. The summed E-state index contributed by atoms with van der Waals surface area (Å²) in [7, 11) is 1.57. The van der Waals surface area contributed by atoms with Crippen molar-refractivity contribution in [1.82, 2.24) is 25.5 Å². The highest BCUT2D eigenvalue weighted by Gasteiger charge is 2.27. The maximum Gasteiger partial charge on any atom is 0.305 e. The number of unbranched alkanes of at least 4 members (excludes halogenated alkanes) is 1. The molecule has 1 heterocycles. The fourth-order valence-corrected chi connectivity index (χ4v) is 3.51. The van der Waals surface area contributed by atoms with Crippen LogP contribution in [0, 0.1) is 10.1 Å². The van der Waals surface area contributed by atoms with E-state index in [1.54, 1.807) is 30.0 Å². The van der Waals surface area contributed by atoms with E-state index in [0.717, 1.165) is 18.4 Å². The van der Waals surface area contributed by atoms with Crippen LogP contribution in [-0.2, 0) is 11.3 Å². The number of aryl methyl sites for hydroxylation is 1. The Kier molecular flexibility index (Phi) is 8.03. The molecule has 0 spiro atoms. The summed E-state index contributed by atoms with van der Waals surface area (Å²) in [5.74, 6) is 0.149. The average molecular weight is 454 g/mol. The third-order valence-electron chi connectivity index (χ3n) is 5.22. The second kappa shape index (κ2) is 11.1. The minimum absolute atomic E-state index is 0.113. The molecule has 11 nitrogen and oxygen atoms in total. The van der Waals surface area contributed by atoms with Crippen LogP contribution in [0.3, 0.4) is 0 Å². The van der Waals surface area contributed by atoms with Gasteiger partial charge < -0.3 is 9.84 Å². The Hall–Kier alpha value is -3.86. The number of methoxy groups -OCH3 is 1. The number of carbonyl (C=O) groups is 1. The van der Waals surface area contributed by atoms with E-state index in [4.69, 9.17) is 4.74 Å². The largest absolute Gasteiger partial charge is 0.497 e. The summed E-state index contributed by atoms with van der Waals surface area (Å²) in [6.07, 6.45) is 1.54. The van der Waals surface area contributed by atoms with E-state index in [9.17, 15) is 20.0 Å². The van der Waals surface area contributed by atoms with Gasteiger partial charge in [0.25, 0.3) is 5.69 Å². The Balaban J connectivity index is 2.03. The zero-order valence-electron chi connectivity index (χ0n) is 18.4. The number of hydrogen-bond donors (Lipinski definition) is 2. The van der Waals surface area contributed by atoms with Gasteiger partial charge in [-0.1, -0.05) is 37.6 Å². The highest BCUT2D eigenvalue weighted by molar-refractivity contribution is 5.68. The first-order chi connectivity index (χ1) is 15.9. The summed E-state index contributed by atoms with van der Waals surface area (Å²) < 4.78 is 6.94. The molecule has 2 aromatic carbocycles. The van der Waals surface area contributed by atoms with Crippen LogP contribution in [0.2, 0.25) is 0 Å². The van der Waals surface area contributed by atoms with Gasteiger partial charge in [0.2, 0.25) is 0 Å². The summed E-state index contributed by atoms with van der Waals surface area (Å²) in [4.78, 5) is 22.4. The van der Waals surface area contributed by atoms with Crippen molar-refractivity contribution >= 4 is 11.7 Å². The van der Waals surface area contributed by atoms with E-state index in [0.29, 0.717) is 23.7 Å². The zero-order chi connectivity index (χ0) is 23.8. The lowest BCUT2D eigenvalue weighted by Gasteiger charge is -2.25. The molecule has 0 aliphatic rings. The molecule has 2 N–H and O–H groups in total. The number of nitrogens with one attached hydrogen (secondary N) is 1. The number of benzene rings is 2. The molecule has 3 aromatic rings. The third-order valence-corrected chi connectivity index (χ3v) is 5.22. The van der Waals surface area contributed by atoms with Crippen molar-refractivity contribution in [2.24, 2.45) is 0 Å². The van der Waals surface area contributed by atoms with Gasteiger partial charge in [0.05, 0.1) is 24.5 Å². The summed E-state index contributed by atoms with van der Waals surface area (Å²) in [5, 5.41) is 36.3. The number of carboxylic acids is 1. The number of non-ortho nitro benzene ring substituents is 1. The van der Waals surface area contributed by atoms with E-state index in [1.165, 1.54) is 18.2 Å². The predicted octanol–water partition coefficient (Wildman–Crippen LogP) is 3.29. The standard InChI is InChI=1S/C22H26N6O5/c1-3-4-12-27-22(24-25-26-27)21(15-8-10-18(33-2)11-9-15)23-19(14-20(29)30)16-6-5-7-17(13-16)28(31)32/h5-11,13,19,21,23H,3-4,12,14H2,1-2H3,(H,29,30). The van der Waals surface area contributed by atoms with Crippen LogP contribution in [0.5, 0.6) is 5.75 Å². The fourth-order valence-electron chi connectivity index (χ4n) is 3.51. The van der Waals surface area contributed by atoms with Crippen molar-refractivity contribution < 1.29 is 19.6 Å². The van der Waals surface area contributed by atoms with Gasteiger partial charge in [-0.2, -0.15) is 0 Å². The van der Waals surface area contributed by atoms with Crippen molar-refractivity contribution in [2.45, 2.75) is 44.8 Å². The van der Waals surface area contributed by atoms with Crippen molar-refractivity contribution in [2.75, 3.05) is 7.11 Å². The molecule has 0 aliphatic carbocycles. The summed E-state index contributed by atoms with van der Waals surface area (Å²) in [6.45, 7) is 2.67. The van der Waals surface area contributed by atoms with Crippen LogP contribution in [0.4, 0.5) is 5.69 Å². The van der Waals surface area contributed by atoms with Gasteiger partial charge in [-0.05, 0) is 40.1 Å². The van der Waals surface area contributed by atoms with Gasteiger partial charge in [-0.15, -0.1) is 5.10 Å². The lowest BCUT2D eigenvalue weighted by molar-refractivity contribution is -0.384. The summed E-state index contributed by atoms with van der Waals surface area (Å²) in [6, 6.07) is 11.9. The molecule has 1 aromatic heterocycles. The van der Waals surface area contributed by atoms with Gasteiger partial charge in [-0.3, -0.25) is 20.2 Å². The average Bonchev–Trinajstić information content (AvgIpc) is 3.28. The maximum absolute atomic E-state index is 11.7. The molecule has 174 valence electrons. The van der Waals surface area contributed by atoms with Crippen LogP contribution >= 0.6 is 0 Å². The second-order valence-electron chi connectivity index (χ2n) is 7.49. The summed E-state index contributed by atoms with van der Waals surface area (Å²) in [5.41, 5.74) is 1.17. The Morgan fingerprint density at radius 2 is 2.00 bits per heavy atom. The SMILES string of the molecule is CCCCn1nnnc1C(NC(CC(=O)O)c1cccc([N+](=O)[O-])c1)c1ccc(OC)cc1. The Morgan fingerprint density at radius 3 is 2.64 bits per heavy atom. The lowest BCUT2D eigenvalue weighted by Crippen LogP contribution is -2.31. The Morgan fingerprint density at radius 1 is 1.24 bits per heavy atom. The molecule has 0 saturated carbocycles. The minimum atomic E-state index is -1.04. The van der Waals surface area contributed by atoms with Crippen LogP contribution in [0.1, 0.15) is 55.2 Å². The highest BCUT2D eigenvalue weighted by Crippen LogP contribution is 2.29. The molecule has 3 rings (SSSR count). The quantitative estimate of drug-likeness (QED) is 0.311. The number of aromatic nitrogens is 4. The number of tetrazole rings is 1. The molecule has 2 unspecified atom stereocenters. The van der Waals surface area contributed by atoms with Crippen LogP contribution in [-0.4, -0.2) is 43.3 Å². The van der Waals surface area contributed by atoms with Gasteiger partial charge in [0.1, 0.15) is 5.75 Å². The number of rotatable bonds is 12. The number of nitro benzene ring substituents is 1. The molecule has 0 bridgehead atoms. The minimum Gasteiger partial charge on any atom is -0.497 e. The van der Waals surface area contributed by atoms with E-state index >= 15 is 0 Å². The lowest BCUT2D eigenvalue weighted by atomic mass is 9.99. The van der Waals surface area contributed by atoms with Gasteiger partial charge in [-0.25, -0.2) is 4.68 Å². The van der Waals surface area contributed by atoms with Crippen LogP contribution < -0.4 is 10.1 Å². The first-order valence-electron chi connectivity index (χ1n) is 10.5. The van der Waals surface area contributed by atoms with Crippen LogP contribution in [0.25, 0.3) is 0 Å². The van der Waals surface area contributed by atoms with E-state index in [-0.39, 0.29) is 12.1 Å². The molecule has 0 amide bonds. The van der Waals surface area contributed by atoms with E-state index < -0.39 is 23.0 Å². The highest BCUT2D eigenvalue weighted by atomic mass is 16.6. The number of carboxylic acid groups (broad SMARTS) is 1. The monoisotopic (exact) mass is 454 g/mol. The van der Waals surface area contributed by atoms with Crippen molar-refractivity contribution in [3.05, 3.63) is 75.6 Å². The van der Waals surface area contributed by atoms with E-state index in [1.807, 2.05) is 12.1 Å². The molecule has 0 fully saturated rings. The zero-order valence-corrected chi connectivity index (χ0v) is 18.4. The van der Waals surface area contributed by atoms with Crippen molar-refractivity contribution in [3.63, 3.8) is 0 Å². The molecule has 0 aliphatic heterocycles. The predicted molar refractivity (Wildman–Crippen MR) is 119 cm³/mol. The van der Waals surface area contributed by atoms with Crippen molar-refractivity contribution in [3.8, 4) is 5.75 Å². The molecule has 11 heteroatoms. The molecule has 0 saturated heterocycles. The molecule has 0 radical (unpaired) electrons. The number of aliphatic carboxylic acids is 1. The number of hydrogen-bond acceptors (Lipinski definition) is 8. The first kappa shape index (κ1) is 23.8.